The Morgan fingerprint density at radius 1 is 1.44 bits per heavy atom. The first-order chi connectivity index (χ1) is 8.81. The van der Waals surface area contributed by atoms with E-state index in [4.69, 9.17) is 9.47 Å². The molecule has 0 saturated carbocycles. The Kier molecular flexibility index (Phi) is 2.93. The van der Waals surface area contributed by atoms with Crippen LogP contribution in [0.2, 0.25) is 0 Å². The number of fused-ring (bicyclic) bond motifs is 1. The SMILES string of the molecule is CNC1COCC1c1nc2ccc(OC)cc2[nH]1. The number of ether oxygens (including phenoxy) is 2. The first-order valence-corrected chi connectivity index (χ1v) is 6.10. The van der Waals surface area contributed by atoms with Crippen LogP contribution in [0.15, 0.2) is 18.2 Å². The lowest BCUT2D eigenvalue weighted by Gasteiger charge is -2.13. The number of H-pyrrole nitrogens is 1. The number of nitrogens with one attached hydrogen (secondary N) is 2. The van der Waals surface area contributed by atoms with Gasteiger partial charge in [0, 0.05) is 12.1 Å². The average Bonchev–Trinajstić information content (AvgIpc) is 3.03. The molecule has 0 spiro atoms. The zero-order chi connectivity index (χ0) is 12.5. The molecule has 2 aromatic rings. The summed E-state index contributed by atoms with van der Waals surface area (Å²) in [6, 6.07) is 6.19. The van der Waals surface area contributed by atoms with Crippen LogP contribution < -0.4 is 10.1 Å². The predicted molar refractivity (Wildman–Crippen MR) is 69.1 cm³/mol. The molecule has 0 bridgehead atoms. The Morgan fingerprint density at radius 2 is 2.33 bits per heavy atom. The molecule has 3 rings (SSSR count). The highest BCUT2D eigenvalue weighted by atomic mass is 16.5. The van der Waals surface area contributed by atoms with Gasteiger partial charge in [0.15, 0.2) is 0 Å². The van der Waals surface area contributed by atoms with Crippen molar-refractivity contribution in [2.45, 2.75) is 12.0 Å². The summed E-state index contributed by atoms with van der Waals surface area (Å²) in [5.41, 5.74) is 1.97. The van der Waals surface area contributed by atoms with Crippen LogP contribution in [0.4, 0.5) is 0 Å². The third-order valence-corrected chi connectivity index (χ3v) is 3.51. The van der Waals surface area contributed by atoms with Crippen molar-refractivity contribution in [3.8, 4) is 5.75 Å². The minimum atomic E-state index is 0.286. The molecule has 5 heteroatoms. The normalized spacial score (nSPS) is 23.7. The van der Waals surface area contributed by atoms with Crippen molar-refractivity contribution in [2.75, 3.05) is 27.4 Å². The number of benzene rings is 1. The van der Waals surface area contributed by atoms with Gasteiger partial charge in [0.25, 0.3) is 0 Å². The highest BCUT2D eigenvalue weighted by Crippen LogP contribution is 2.26. The van der Waals surface area contributed by atoms with Crippen molar-refractivity contribution < 1.29 is 9.47 Å². The summed E-state index contributed by atoms with van der Waals surface area (Å²) < 4.78 is 10.7. The van der Waals surface area contributed by atoms with E-state index in [9.17, 15) is 0 Å². The maximum Gasteiger partial charge on any atom is 0.121 e. The maximum atomic E-state index is 5.51. The number of aromatic nitrogens is 2. The first-order valence-electron chi connectivity index (χ1n) is 6.10. The zero-order valence-electron chi connectivity index (χ0n) is 10.6. The van der Waals surface area contributed by atoms with Crippen LogP contribution in [0.25, 0.3) is 11.0 Å². The second-order valence-corrected chi connectivity index (χ2v) is 4.54. The zero-order valence-corrected chi connectivity index (χ0v) is 10.6. The summed E-state index contributed by atoms with van der Waals surface area (Å²) in [4.78, 5) is 8.00. The fraction of sp³-hybridized carbons (Fsp3) is 0.462. The minimum absolute atomic E-state index is 0.286. The van der Waals surface area contributed by atoms with Gasteiger partial charge in [-0.15, -0.1) is 0 Å². The average molecular weight is 247 g/mol. The van der Waals surface area contributed by atoms with Gasteiger partial charge < -0.3 is 19.8 Å². The molecule has 1 aromatic heterocycles. The second-order valence-electron chi connectivity index (χ2n) is 4.54. The summed E-state index contributed by atoms with van der Waals surface area (Å²) in [5.74, 6) is 2.11. The van der Waals surface area contributed by atoms with Gasteiger partial charge in [-0.1, -0.05) is 0 Å². The second kappa shape index (κ2) is 4.59. The van der Waals surface area contributed by atoms with E-state index in [0.29, 0.717) is 12.6 Å². The molecule has 1 aliphatic rings. The molecule has 0 aliphatic carbocycles. The maximum absolute atomic E-state index is 5.51. The summed E-state index contributed by atoms with van der Waals surface area (Å²) in [6.45, 7) is 1.45. The smallest absolute Gasteiger partial charge is 0.121 e. The Balaban J connectivity index is 1.97. The minimum Gasteiger partial charge on any atom is -0.497 e. The molecule has 2 heterocycles. The van der Waals surface area contributed by atoms with Gasteiger partial charge in [-0.05, 0) is 19.2 Å². The quantitative estimate of drug-likeness (QED) is 0.857. The lowest BCUT2D eigenvalue weighted by molar-refractivity contribution is 0.188. The van der Waals surface area contributed by atoms with Crippen molar-refractivity contribution in [1.29, 1.82) is 0 Å². The van der Waals surface area contributed by atoms with E-state index in [0.717, 1.165) is 29.2 Å². The molecule has 96 valence electrons. The lowest BCUT2D eigenvalue weighted by Crippen LogP contribution is -2.31. The summed E-state index contributed by atoms with van der Waals surface area (Å²) in [7, 11) is 3.62. The van der Waals surface area contributed by atoms with Crippen molar-refractivity contribution in [2.24, 2.45) is 0 Å². The molecule has 0 amide bonds. The lowest BCUT2D eigenvalue weighted by atomic mass is 10.0. The Hall–Kier alpha value is -1.59. The largest absolute Gasteiger partial charge is 0.497 e. The fourth-order valence-electron chi connectivity index (χ4n) is 2.42. The number of hydrogen-bond donors (Lipinski definition) is 2. The van der Waals surface area contributed by atoms with Crippen LogP contribution in [0.5, 0.6) is 5.75 Å². The molecule has 2 N–H and O–H groups in total. The van der Waals surface area contributed by atoms with E-state index >= 15 is 0 Å². The van der Waals surface area contributed by atoms with E-state index in [1.807, 2.05) is 25.2 Å². The van der Waals surface area contributed by atoms with Crippen molar-refractivity contribution in [1.82, 2.24) is 15.3 Å². The van der Waals surface area contributed by atoms with E-state index < -0.39 is 0 Å². The molecule has 2 atom stereocenters. The molecular formula is C13H17N3O2. The molecule has 5 nitrogen and oxygen atoms in total. The standard InChI is InChI=1S/C13H17N3O2/c1-14-12-7-18-6-9(12)13-15-10-4-3-8(17-2)5-11(10)16-13/h3-5,9,12,14H,6-7H2,1-2H3,(H,15,16). The van der Waals surface area contributed by atoms with Crippen LogP contribution in [-0.2, 0) is 4.74 Å². The Bertz CT molecular complexity index is 552. The monoisotopic (exact) mass is 247 g/mol. The molecule has 18 heavy (non-hydrogen) atoms. The van der Waals surface area contributed by atoms with Crippen molar-refractivity contribution in [3.05, 3.63) is 24.0 Å². The highest BCUT2D eigenvalue weighted by molar-refractivity contribution is 5.76. The predicted octanol–water partition coefficient (Wildman–Crippen LogP) is 1.27. The molecule has 1 saturated heterocycles. The van der Waals surface area contributed by atoms with Gasteiger partial charge in [-0.2, -0.15) is 0 Å². The number of imidazole rings is 1. The van der Waals surface area contributed by atoms with E-state index in [1.54, 1.807) is 7.11 Å². The molecular weight excluding hydrogens is 230 g/mol. The van der Waals surface area contributed by atoms with Gasteiger partial charge in [-0.25, -0.2) is 4.98 Å². The summed E-state index contributed by atoms with van der Waals surface area (Å²) >= 11 is 0. The molecule has 2 unspecified atom stereocenters. The third-order valence-electron chi connectivity index (χ3n) is 3.51. The number of rotatable bonds is 3. The first kappa shape index (κ1) is 11.5. The molecule has 0 radical (unpaired) electrons. The van der Waals surface area contributed by atoms with E-state index in [1.165, 1.54) is 0 Å². The summed E-state index contributed by atoms with van der Waals surface area (Å²) in [6.07, 6.45) is 0. The Morgan fingerprint density at radius 3 is 3.11 bits per heavy atom. The van der Waals surface area contributed by atoms with Crippen LogP contribution in [0.1, 0.15) is 11.7 Å². The van der Waals surface area contributed by atoms with E-state index in [2.05, 4.69) is 15.3 Å². The topological polar surface area (TPSA) is 59.2 Å². The van der Waals surface area contributed by atoms with Crippen LogP contribution in [0.3, 0.4) is 0 Å². The number of hydrogen-bond acceptors (Lipinski definition) is 4. The highest BCUT2D eigenvalue weighted by Gasteiger charge is 2.30. The number of likely N-dealkylation sites (N-methyl/N-ethyl adjacent to an activating group) is 1. The van der Waals surface area contributed by atoms with Gasteiger partial charge in [0.2, 0.25) is 0 Å². The Labute approximate surface area is 106 Å². The number of nitrogens with zero attached hydrogens (tertiary/aromatic N) is 1. The molecule has 1 fully saturated rings. The fourth-order valence-corrected chi connectivity index (χ4v) is 2.42. The van der Waals surface area contributed by atoms with Crippen LogP contribution in [-0.4, -0.2) is 43.4 Å². The van der Waals surface area contributed by atoms with Gasteiger partial charge in [0.05, 0.1) is 37.3 Å². The third kappa shape index (κ3) is 1.85. The molecule has 1 aromatic carbocycles. The van der Waals surface area contributed by atoms with Gasteiger partial charge in [-0.3, -0.25) is 0 Å². The number of methoxy groups -OCH3 is 1. The van der Waals surface area contributed by atoms with E-state index in [-0.39, 0.29) is 5.92 Å². The van der Waals surface area contributed by atoms with Crippen molar-refractivity contribution in [3.63, 3.8) is 0 Å². The van der Waals surface area contributed by atoms with Crippen LogP contribution in [0, 0.1) is 0 Å². The molecule has 1 aliphatic heterocycles. The summed E-state index contributed by atoms with van der Waals surface area (Å²) in [5, 5.41) is 3.27. The van der Waals surface area contributed by atoms with Crippen LogP contribution >= 0.6 is 0 Å². The number of aromatic amines is 1. The van der Waals surface area contributed by atoms with Gasteiger partial charge in [0.1, 0.15) is 11.6 Å². The van der Waals surface area contributed by atoms with Gasteiger partial charge >= 0.3 is 0 Å². The van der Waals surface area contributed by atoms with Crippen molar-refractivity contribution >= 4 is 11.0 Å².